The smallest absolute Gasteiger partial charge is 0.221 e. The molecule has 2 N–H and O–H groups in total. The van der Waals surface area contributed by atoms with Gasteiger partial charge in [-0.05, 0) is 26.5 Å². The molecule has 4 heteroatoms. The molecule has 0 saturated carbocycles. The highest BCUT2D eigenvalue weighted by Gasteiger charge is 2.21. The number of hydrogen-bond acceptors (Lipinski definition) is 2. The number of hydrogen-bond donors (Lipinski definition) is 2. The van der Waals surface area contributed by atoms with Gasteiger partial charge in [-0.3, -0.25) is 4.79 Å². The van der Waals surface area contributed by atoms with Crippen LogP contribution in [0.15, 0.2) is 30.3 Å². The molecule has 17 heavy (non-hydrogen) atoms. The van der Waals surface area contributed by atoms with Crippen LogP contribution in [0.5, 0.6) is 0 Å². The molecule has 1 aromatic carbocycles. The van der Waals surface area contributed by atoms with Crippen molar-refractivity contribution in [2.24, 2.45) is 0 Å². The highest BCUT2D eigenvalue weighted by atomic mass is 35.5. The van der Waals surface area contributed by atoms with Crippen LogP contribution < -0.4 is 10.6 Å². The Hall–Kier alpha value is -1.06. The molecule has 0 aromatic heterocycles. The second-order valence-electron chi connectivity index (χ2n) is 4.39. The molecule has 1 aromatic rings. The summed E-state index contributed by atoms with van der Waals surface area (Å²) in [6.07, 6.45) is 0.507. The Balaban J connectivity index is 0.00000256. The van der Waals surface area contributed by atoms with Crippen molar-refractivity contribution in [3.8, 4) is 0 Å². The first-order chi connectivity index (χ1) is 7.56. The molecule has 0 fully saturated rings. The van der Waals surface area contributed by atoms with E-state index < -0.39 is 0 Å². The predicted octanol–water partition coefficient (Wildman–Crippen LogP) is 2.07. The van der Waals surface area contributed by atoms with Crippen LogP contribution in [-0.2, 0) is 10.3 Å². The van der Waals surface area contributed by atoms with Crippen LogP contribution >= 0.6 is 12.4 Å². The molecule has 1 rings (SSSR count). The van der Waals surface area contributed by atoms with Gasteiger partial charge in [-0.15, -0.1) is 12.4 Å². The number of amides is 1. The van der Waals surface area contributed by atoms with Gasteiger partial charge in [0.1, 0.15) is 0 Å². The Morgan fingerprint density at radius 2 is 1.82 bits per heavy atom. The third-order valence-corrected chi connectivity index (χ3v) is 2.55. The molecule has 0 unspecified atom stereocenters. The summed E-state index contributed by atoms with van der Waals surface area (Å²) in [6, 6.07) is 9.99. The number of halogens is 1. The molecule has 1 amide bonds. The summed E-state index contributed by atoms with van der Waals surface area (Å²) in [6.45, 7) is 4.73. The zero-order valence-corrected chi connectivity index (χ0v) is 11.4. The zero-order valence-electron chi connectivity index (χ0n) is 10.6. The van der Waals surface area contributed by atoms with Crippen molar-refractivity contribution < 1.29 is 4.79 Å². The molecular weight excluding hydrogens is 236 g/mol. The highest BCUT2D eigenvalue weighted by molar-refractivity contribution is 5.85. The Bertz CT molecular complexity index is 339. The fourth-order valence-electron chi connectivity index (χ4n) is 1.58. The quantitative estimate of drug-likeness (QED) is 0.847. The highest BCUT2D eigenvalue weighted by Crippen LogP contribution is 2.19. The van der Waals surface area contributed by atoms with Gasteiger partial charge in [-0.2, -0.15) is 0 Å². The van der Waals surface area contributed by atoms with Gasteiger partial charge in [0, 0.05) is 13.0 Å². The van der Waals surface area contributed by atoms with Crippen LogP contribution in [0.25, 0.3) is 0 Å². The van der Waals surface area contributed by atoms with E-state index in [2.05, 4.69) is 10.6 Å². The minimum Gasteiger partial charge on any atom is -0.347 e. The van der Waals surface area contributed by atoms with E-state index in [-0.39, 0.29) is 23.9 Å². The topological polar surface area (TPSA) is 41.1 Å². The van der Waals surface area contributed by atoms with Gasteiger partial charge in [0.25, 0.3) is 0 Å². The molecule has 0 atom stereocenters. The first-order valence-electron chi connectivity index (χ1n) is 5.57. The maximum Gasteiger partial charge on any atom is 0.221 e. The third-order valence-electron chi connectivity index (χ3n) is 2.55. The Labute approximate surface area is 109 Å². The average molecular weight is 257 g/mol. The van der Waals surface area contributed by atoms with E-state index in [9.17, 15) is 4.79 Å². The van der Waals surface area contributed by atoms with Crippen LogP contribution in [0, 0.1) is 0 Å². The number of carbonyl (C=O) groups is 1. The van der Waals surface area contributed by atoms with Gasteiger partial charge in [0.15, 0.2) is 0 Å². The van der Waals surface area contributed by atoms with Crippen LogP contribution in [0.4, 0.5) is 0 Å². The predicted molar refractivity (Wildman–Crippen MR) is 73.4 cm³/mol. The van der Waals surface area contributed by atoms with Crippen LogP contribution in [0.3, 0.4) is 0 Å². The minimum absolute atomic E-state index is 0. The van der Waals surface area contributed by atoms with E-state index in [0.717, 1.165) is 5.56 Å². The molecule has 0 heterocycles. The van der Waals surface area contributed by atoms with Crippen molar-refractivity contribution in [2.45, 2.75) is 25.8 Å². The van der Waals surface area contributed by atoms with Crippen molar-refractivity contribution in [3.63, 3.8) is 0 Å². The number of rotatable bonds is 5. The fourth-order valence-corrected chi connectivity index (χ4v) is 1.58. The third kappa shape index (κ3) is 5.20. The van der Waals surface area contributed by atoms with E-state index in [1.165, 1.54) is 0 Å². The molecule has 0 bridgehead atoms. The number of nitrogens with one attached hydrogen (secondary N) is 2. The van der Waals surface area contributed by atoms with Gasteiger partial charge >= 0.3 is 0 Å². The van der Waals surface area contributed by atoms with Gasteiger partial charge in [0.05, 0.1) is 5.54 Å². The molecule has 0 saturated heterocycles. The average Bonchev–Trinajstić information content (AvgIpc) is 2.27. The largest absolute Gasteiger partial charge is 0.347 e. The summed E-state index contributed by atoms with van der Waals surface area (Å²) < 4.78 is 0. The summed E-state index contributed by atoms with van der Waals surface area (Å²) in [5.74, 6) is 0.0724. The molecular formula is C13H21ClN2O. The molecule has 3 nitrogen and oxygen atoms in total. The first-order valence-corrected chi connectivity index (χ1v) is 5.57. The Kier molecular flexibility index (Phi) is 6.85. The molecule has 0 aliphatic carbocycles. The first kappa shape index (κ1) is 15.9. The van der Waals surface area contributed by atoms with Crippen LogP contribution in [0.2, 0.25) is 0 Å². The molecule has 0 spiro atoms. The van der Waals surface area contributed by atoms with E-state index >= 15 is 0 Å². The zero-order chi connectivity index (χ0) is 12.0. The normalized spacial score (nSPS) is 10.5. The lowest BCUT2D eigenvalue weighted by Gasteiger charge is -2.27. The summed E-state index contributed by atoms with van der Waals surface area (Å²) in [4.78, 5) is 11.6. The monoisotopic (exact) mass is 256 g/mol. The van der Waals surface area contributed by atoms with E-state index in [1.54, 1.807) is 0 Å². The maximum atomic E-state index is 11.6. The molecule has 0 aliphatic rings. The van der Waals surface area contributed by atoms with E-state index in [4.69, 9.17) is 0 Å². The lowest BCUT2D eigenvalue weighted by molar-refractivity contribution is -0.122. The van der Waals surface area contributed by atoms with Gasteiger partial charge < -0.3 is 10.6 Å². The second-order valence-corrected chi connectivity index (χ2v) is 4.39. The van der Waals surface area contributed by atoms with Crippen LogP contribution in [0.1, 0.15) is 25.8 Å². The van der Waals surface area contributed by atoms with Gasteiger partial charge in [-0.1, -0.05) is 30.3 Å². The summed E-state index contributed by atoms with van der Waals surface area (Å²) in [7, 11) is 1.84. The number of benzene rings is 1. The summed E-state index contributed by atoms with van der Waals surface area (Å²) in [5, 5.41) is 5.99. The Morgan fingerprint density at radius 1 is 1.24 bits per heavy atom. The van der Waals surface area contributed by atoms with Crippen molar-refractivity contribution in [1.29, 1.82) is 0 Å². The van der Waals surface area contributed by atoms with Crippen molar-refractivity contribution in [2.75, 3.05) is 13.6 Å². The molecule has 96 valence electrons. The Morgan fingerprint density at radius 3 is 2.35 bits per heavy atom. The van der Waals surface area contributed by atoms with E-state index in [0.29, 0.717) is 13.0 Å². The molecule has 0 aliphatic heterocycles. The minimum atomic E-state index is -0.313. The standard InChI is InChI=1S/C13H20N2O.ClH/c1-13(2,11-7-5-4-6-8-11)15-12(16)9-10-14-3;/h4-8,14H,9-10H2,1-3H3,(H,15,16);1H. The van der Waals surface area contributed by atoms with Crippen molar-refractivity contribution >= 4 is 18.3 Å². The maximum absolute atomic E-state index is 11.6. The van der Waals surface area contributed by atoms with Gasteiger partial charge in [-0.25, -0.2) is 0 Å². The lowest BCUT2D eigenvalue weighted by atomic mass is 9.94. The van der Waals surface area contributed by atoms with Crippen molar-refractivity contribution in [3.05, 3.63) is 35.9 Å². The number of carbonyl (C=O) groups excluding carboxylic acids is 1. The second kappa shape index (κ2) is 7.30. The SMILES string of the molecule is CNCCC(=O)NC(C)(C)c1ccccc1.Cl. The lowest BCUT2D eigenvalue weighted by Crippen LogP contribution is -2.41. The van der Waals surface area contributed by atoms with Gasteiger partial charge in [0.2, 0.25) is 5.91 Å². The van der Waals surface area contributed by atoms with Crippen molar-refractivity contribution in [1.82, 2.24) is 10.6 Å². The molecule has 0 radical (unpaired) electrons. The fraction of sp³-hybridized carbons (Fsp3) is 0.462. The summed E-state index contributed by atoms with van der Waals surface area (Å²) in [5.41, 5.74) is 0.805. The van der Waals surface area contributed by atoms with Crippen LogP contribution in [-0.4, -0.2) is 19.5 Å². The summed E-state index contributed by atoms with van der Waals surface area (Å²) >= 11 is 0. The van der Waals surface area contributed by atoms with E-state index in [1.807, 2.05) is 51.2 Å².